The molecule has 0 bridgehead atoms. The zero-order valence-corrected chi connectivity index (χ0v) is 11.5. The van der Waals surface area contributed by atoms with Gasteiger partial charge in [-0.05, 0) is 35.2 Å². The van der Waals surface area contributed by atoms with E-state index in [1.54, 1.807) is 6.07 Å². The van der Waals surface area contributed by atoms with E-state index < -0.39 is 5.97 Å². The number of rotatable bonds is 5. The first-order valence-corrected chi connectivity index (χ1v) is 6.48. The molecule has 1 aromatic carbocycles. The van der Waals surface area contributed by atoms with Crippen LogP contribution in [0.5, 0.6) is 5.75 Å². The molecule has 0 spiro atoms. The van der Waals surface area contributed by atoms with Crippen LogP contribution in [0.25, 0.3) is 0 Å². The van der Waals surface area contributed by atoms with Gasteiger partial charge >= 0.3 is 5.97 Å². The van der Waals surface area contributed by atoms with Crippen LogP contribution < -0.4 is 4.74 Å². The summed E-state index contributed by atoms with van der Waals surface area (Å²) in [6.45, 7) is 4.54. The normalized spacial score (nSPS) is 10.6. The molecule has 2 rings (SSSR count). The van der Waals surface area contributed by atoms with Crippen molar-refractivity contribution in [2.24, 2.45) is 0 Å². The lowest BCUT2D eigenvalue weighted by molar-refractivity contribution is 0.0690. The Labute approximate surface area is 118 Å². The lowest BCUT2D eigenvalue weighted by Crippen LogP contribution is -2.04. The predicted octanol–water partition coefficient (Wildman–Crippen LogP) is 3.48. The molecule has 1 aromatic heterocycles. The van der Waals surface area contributed by atoms with Crippen LogP contribution in [0.2, 0.25) is 0 Å². The van der Waals surface area contributed by atoms with E-state index in [0.717, 1.165) is 16.9 Å². The summed E-state index contributed by atoms with van der Waals surface area (Å²) in [7, 11) is 0. The number of aromatic nitrogens is 1. The number of carboxylic acid groups (broad SMARTS) is 1. The van der Waals surface area contributed by atoms with Gasteiger partial charge in [0.2, 0.25) is 0 Å². The minimum atomic E-state index is -1.03. The summed E-state index contributed by atoms with van der Waals surface area (Å²) < 4.78 is 5.80. The van der Waals surface area contributed by atoms with Gasteiger partial charge in [0.25, 0.3) is 0 Å². The first kappa shape index (κ1) is 14.1. The molecule has 0 fully saturated rings. The van der Waals surface area contributed by atoms with Crippen molar-refractivity contribution in [1.82, 2.24) is 4.98 Å². The Balaban J connectivity index is 2.13. The molecule has 0 amide bonds. The number of carbonyl (C=O) groups is 1. The molecular formula is C16H17NO3. The molecule has 0 radical (unpaired) electrons. The zero-order chi connectivity index (χ0) is 14.5. The van der Waals surface area contributed by atoms with Crippen molar-refractivity contribution in [1.29, 1.82) is 0 Å². The molecule has 0 aliphatic heterocycles. The highest BCUT2D eigenvalue weighted by molar-refractivity contribution is 5.85. The monoisotopic (exact) mass is 271 g/mol. The van der Waals surface area contributed by atoms with E-state index in [1.807, 2.05) is 24.3 Å². The molecule has 104 valence electrons. The van der Waals surface area contributed by atoms with E-state index in [9.17, 15) is 4.79 Å². The fraction of sp³-hybridized carbons (Fsp3) is 0.250. The summed E-state index contributed by atoms with van der Waals surface area (Å²) in [5, 5.41) is 8.91. The molecule has 0 saturated carbocycles. The van der Waals surface area contributed by atoms with Gasteiger partial charge in [-0.3, -0.25) is 0 Å². The van der Waals surface area contributed by atoms with Gasteiger partial charge in [0.15, 0.2) is 0 Å². The molecule has 4 heteroatoms. The van der Waals surface area contributed by atoms with Crippen molar-refractivity contribution in [3.05, 3.63) is 59.4 Å². The predicted molar refractivity (Wildman–Crippen MR) is 76.1 cm³/mol. The molecule has 2 aromatic rings. The van der Waals surface area contributed by atoms with Crippen molar-refractivity contribution < 1.29 is 14.6 Å². The second-order valence-electron chi connectivity index (χ2n) is 4.84. The second-order valence-corrected chi connectivity index (χ2v) is 4.84. The van der Waals surface area contributed by atoms with E-state index in [4.69, 9.17) is 9.84 Å². The molecule has 0 unspecified atom stereocenters. The minimum Gasteiger partial charge on any atom is -0.489 e. The maximum Gasteiger partial charge on any atom is 0.354 e. The largest absolute Gasteiger partial charge is 0.489 e. The Morgan fingerprint density at radius 2 is 2.05 bits per heavy atom. The molecule has 1 N–H and O–H groups in total. The highest BCUT2D eigenvalue weighted by Gasteiger charge is 2.08. The Morgan fingerprint density at radius 1 is 1.30 bits per heavy atom. The molecule has 4 nitrogen and oxygen atoms in total. The van der Waals surface area contributed by atoms with E-state index in [2.05, 4.69) is 18.8 Å². The molecule has 0 aliphatic rings. The van der Waals surface area contributed by atoms with Gasteiger partial charge < -0.3 is 9.84 Å². The molecular weight excluding hydrogens is 254 g/mol. The van der Waals surface area contributed by atoms with Crippen molar-refractivity contribution in [2.45, 2.75) is 26.4 Å². The van der Waals surface area contributed by atoms with Crippen LogP contribution in [0.1, 0.15) is 41.4 Å². The topological polar surface area (TPSA) is 59.4 Å². The number of pyridine rings is 1. The SMILES string of the molecule is CC(C)c1ccccc1OCc1ccnc(C(=O)O)c1. The number of hydrogen-bond donors (Lipinski definition) is 1. The summed E-state index contributed by atoms with van der Waals surface area (Å²) in [5.74, 6) is 0.170. The lowest BCUT2D eigenvalue weighted by atomic mass is 10.0. The van der Waals surface area contributed by atoms with Crippen LogP contribution >= 0.6 is 0 Å². The van der Waals surface area contributed by atoms with Gasteiger partial charge in [0, 0.05) is 6.20 Å². The molecule has 20 heavy (non-hydrogen) atoms. The smallest absolute Gasteiger partial charge is 0.354 e. The number of aromatic carboxylic acids is 1. The minimum absolute atomic E-state index is 0.0308. The van der Waals surface area contributed by atoms with Crippen molar-refractivity contribution in [3.63, 3.8) is 0 Å². The molecule has 0 saturated heterocycles. The fourth-order valence-corrected chi connectivity index (χ4v) is 1.93. The summed E-state index contributed by atoms with van der Waals surface area (Å²) in [6, 6.07) is 11.2. The first-order chi connectivity index (χ1) is 9.58. The number of hydrogen-bond acceptors (Lipinski definition) is 3. The van der Waals surface area contributed by atoms with Crippen LogP contribution in [0, 0.1) is 0 Å². The van der Waals surface area contributed by atoms with Gasteiger partial charge in [-0.15, -0.1) is 0 Å². The van der Waals surface area contributed by atoms with Gasteiger partial charge in [-0.1, -0.05) is 32.0 Å². The average Bonchev–Trinajstić information content (AvgIpc) is 2.45. The number of para-hydroxylation sites is 1. The van der Waals surface area contributed by atoms with E-state index in [0.29, 0.717) is 12.5 Å². The molecule has 0 aliphatic carbocycles. The van der Waals surface area contributed by atoms with Gasteiger partial charge in [-0.25, -0.2) is 9.78 Å². The maximum absolute atomic E-state index is 10.9. The Morgan fingerprint density at radius 3 is 2.75 bits per heavy atom. The van der Waals surface area contributed by atoms with Gasteiger partial charge in [-0.2, -0.15) is 0 Å². The molecule has 1 heterocycles. The second kappa shape index (κ2) is 6.19. The summed E-state index contributed by atoms with van der Waals surface area (Å²) >= 11 is 0. The molecule has 0 atom stereocenters. The maximum atomic E-state index is 10.9. The van der Waals surface area contributed by atoms with Crippen LogP contribution in [0.3, 0.4) is 0 Å². The Kier molecular flexibility index (Phi) is 4.35. The average molecular weight is 271 g/mol. The highest BCUT2D eigenvalue weighted by atomic mass is 16.5. The standard InChI is InChI=1S/C16H17NO3/c1-11(2)13-5-3-4-6-15(13)20-10-12-7-8-17-14(9-12)16(18)19/h3-9,11H,10H2,1-2H3,(H,18,19). The quantitative estimate of drug-likeness (QED) is 0.904. The van der Waals surface area contributed by atoms with Crippen LogP contribution in [0.15, 0.2) is 42.6 Å². The Hall–Kier alpha value is -2.36. The van der Waals surface area contributed by atoms with Crippen LogP contribution in [-0.2, 0) is 6.61 Å². The summed E-state index contributed by atoms with van der Waals surface area (Å²) in [5.41, 5.74) is 1.96. The fourth-order valence-electron chi connectivity index (χ4n) is 1.93. The third-order valence-electron chi connectivity index (χ3n) is 2.98. The van der Waals surface area contributed by atoms with Crippen LogP contribution in [0.4, 0.5) is 0 Å². The van der Waals surface area contributed by atoms with E-state index in [1.165, 1.54) is 12.3 Å². The van der Waals surface area contributed by atoms with E-state index >= 15 is 0 Å². The van der Waals surface area contributed by atoms with Gasteiger partial charge in [0.1, 0.15) is 18.1 Å². The third kappa shape index (κ3) is 3.35. The van der Waals surface area contributed by atoms with E-state index in [-0.39, 0.29) is 5.69 Å². The first-order valence-electron chi connectivity index (χ1n) is 6.48. The van der Waals surface area contributed by atoms with Crippen molar-refractivity contribution in [3.8, 4) is 5.75 Å². The highest BCUT2D eigenvalue weighted by Crippen LogP contribution is 2.26. The number of benzene rings is 1. The van der Waals surface area contributed by atoms with Gasteiger partial charge in [0.05, 0.1) is 0 Å². The third-order valence-corrected chi connectivity index (χ3v) is 2.98. The van der Waals surface area contributed by atoms with Crippen molar-refractivity contribution >= 4 is 5.97 Å². The number of nitrogens with zero attached hydrogens (tertiary/aromatic N) is 1. The van der Waals surface area contributed by atoms with Crippen LogP contribution in [-0.4, -0.2) is 16.1 Å². The Bertz CT molecular complexity index is 608. The summed E-state index contributed by atoms with van der Waals surface area (Å²) in [4.78, 5) is 14.7. The number of carboxylic acids is 1. The summed E-state index contributed by atoms with van der Waals surface area (Å²) in [6.07, 6.45) is 1.48. The lowest BCUT2D eigenvalue weighted by Gasteiger charge is -2.13. The number of ether oxygens (including phenoxy) is 1. The van der Waals surface area contributed by atoms with Crippen molar-refractivity contribution in [2.75, 3.05) is 0 Å². The zero-order valence-electron chi connectivity index (χ0n) is 11.5.